The summed E-state index contributed by atoms with van der Waals surface area (Å²) < 4.78 is 21.0. The fraction of sp³-hybridized carbons (Fsp3) is 0.167. The number of ether oxygens (including phenoxy) is 1. The van der Waals surface area contributed by atoms with Gasteiger partial charge in [0.1, 0.15) is 25.3 Å². The molecular formula is C30H28ClN6O4P. The second-order valence-electron chi connectivity index (χ2n) is 10.0. The topological polar surface area (TPSA) is 121 Å². The predicted molar refractivity (Wildman–Crippen MR) is 164 cm³/mol. The van der Waals surface area contributed by atoms with Crippen LogP contribution in [-0.4, -0.2) is 51.1 Å². The molecule has 10 nitrogen and oxygen atoms in total. The lowest BCUT2D eigenvalue weighted by atomic mass is 10.0. The molecule has 0 fully saturated rings. The van der Waals surface area contributed by atoms with Crippen LogP contribution in [0.5, 0.6) is 5.75 Å². The summed E-state index contributed by atoms with van der Waals surface area (Å²) in [5.41, 5.74) is 2.60. The molecule has 0 radical (unpaired) electrons. The van der Waals surface area contributed by atoms with Gasteiger partial charge in [0, 0.05) is 39.6 Å². The second kappa shape index (κ2) is 12.1. The van der Waals surface area contributed by atoms with Crippen LogP contribution in [0.4, 0.5) is 5.69 Å². The zero-order valence-corrected chi connectivity index (χ0v) is 24.8. The molecule has 1 N–H and O–H groups in total. The number of carbonyl (C=O) groups excluding carboxylic acids is 1. The lowest BCUT2D eigenvalue weighted by molar-refractivity contribution is -0.119. The summed E-state index contributed by atoms with van der Waals surface area (Å²) >= 11 is 6.34. The van der Waals surface area contributed by atoms with Crippen LogP contribution in [0, 0.1) is 0 Å². The van der Waals surface area contributed by atoms with Crippen molar-refractivity contribution in [2.75, 3.05) is 25.8 Å². The molecular weight excluding hydrogens is 575 g/mol. The van der Waals surface area contributed by atoms with Gasteiger partial charge in [0.25, 0.3) is 5.56 Å². The first kappa shape index (κ1) is 29.0. The Bertz CT molecular complexity index is 1820. The SMILES string of the molecule is COc1cn([C@H](Cc2ccccc2)C(=O)Nc2ccc(P(C)(C)=O)cc2)c(=O)cc1-c1cc(Cl)ccc1-n1cnnn1. The number of halogens is 1. The van der Waals surface area contributed by atoms with E-state index in [0.717, 1.165) is 5.56 Å². The van der Waals surface area contributed by atoms with Gasteiger partial charge in [0.15, 0.2) is 0 Å². The minimum absolute atomic E-state index is 0.249. The van der Waals surface area contributed by atoms with E-state index in [1.807, 2.05) is 30.3 Å². The average molecular weight is 603 g/mol. The maximum Gasteiger partial charge on any atom is 0.252 e. The number of anilines is 1. The number of carbonyl (C=O) groups is 1. The molecule has 0 bridgehead atoms. The number of nitrogens with one attached hydrogen (secondary N) is 1. The van der Waals surface area contributed by atoms with Gasteiger partial charge < -0.3 is 14.6 Å². The molecule has 0 saturated heterocycles. The van der Waals surface area contributed by atoms with Crippen molar-refractivity contribution in [3.63, 3.8) is 0 Å². The van der Waals surface area contributed by atoms with Gasteiger partial charge in [-0.2, -0.15) is 4.68 Å². The lowest BCUT2D eigenvalue weighted by Gasteiger charge is -2.22. The number of amides is 1. The highest BCUT2D eigenvalue weighted by Crippen LogP contribution is 2.36. The number of methoxy groups -OCH3 is 1. The van der Waals surface area contributed by atoms with Crippen LogP contribution >= 0.6 is 18.7 Å². The second-order valence-corrected chi connectivity index (χ2v) is 13.7. The number of benzene rings is 3. The summed E-state index contributed by atoms with van der Waals surface area (Å²) in [7, 11) is -0.957. The summed E-state index contributed by atoms with van der Waals surface area (Å²) in [4.78, 5) is 27.5. The molecule has 2 aromatic heterocycles. The molecule has 0 saturated carbocycles. The Kier molecular flexibility index (Phi) is 8.38. The minimum atomic E-state index is -2.45. The van der Waals surface area contributed by atoms with Gasteiger partial charge in [-0.1, -0.05) is 41.9 Å². The summed E-state index contributed by atoms with van der Waals surface area (Å²) in [6.07, 6.45) is 3.22. The van der Waals surface area contributed by atoms with Crippen LogP contribution in [0.15, 0.2) is 96.2 Å². The summed E-state index contributed by atoms with van der Waals surface area (Å²) in [6, 6.07) is 22.0. The molecule has 0 aliphatic carbocycles. The number of rotatable bonds is 9. The largest absolute Gasteiger partial charge is 0.495 e. The van der Waals surface area contributed by atoms with Crippen molar-refractivity contribution in [3.05, 3.63) is 112 Å². The Morgan fingerprint density at radius 3 is 2.40 bits per heavy atom. The van der Waals surface area contributed by atoms with Crippen LogP contribution in [-0.2, 0) is 15.8 Å². The van der Waals surface area contributed by atoms with Gasteiger partial charge >= 0.3 is 0 Å². The first-order chi connectivity index (χ1) is 20.1. The van der Waals surface area contributed by atoms with Gasteiger partial charge in [0.2, 0.25) is 5.91 Å². The Labute approximate surface area is 247 Å². The molecule has 0 spiro atoms. The van der Waals surface area contributed by atoms with Gasteiger partial charge in [-0.15, -0.1) is 5.10 Å². The Morgan fingerprint density at radius 1 is 1.02 bits per heavy atom. The third-order valence-corrected chi connectivity index (χ3v) is 8.55. The highest BCUT2D eigenvalue weighted by molar-refractivity contribution is 7.70. The van der Waals surface area contributed by atoms with Gasteiger partial charge in [-0.3, -0.25) is 14.2 Å². The van der Waals surface area contributed by atoms with E-state index in [1.165, 1.54) is 34.9 Å². The third-order valence-electron chi connectivity index (χ3n) is 6.78. The quantitative estimate of drug-likeness (QED) is 0.240. The maximum absolute atomic E-state index is 13.8. The fourth-order valence-corrected chi connectivity index (χ4v) is 5.66. The van der Waals surface area contributed by atoms with E-state index in [0.29, 0.717) is 38.6 Å². The van der Waals surface area contributed by atoms with E-state index in [4.69, 9.17) is 16.3 Å². The summed E-state index contributed by atoms with van der Waals surface area (Å²) in [5.74, 6) is -0.0418. The molecule has 0 aliphatic heterocycles. The molecule has 1 amide bonds. The molecule has 0 unspecified atom stereocenters. The normalized spacial score (nSPS) is 12.1. The van der Waals surface area contributed by atoms with E-state index < -0.39 is 24.7 Å². The summed E-state index contributed by atoms with van der Waals surface area (Å²) in [5, 5.41) is 15.5. The van der Waals surface area contributed by atoms with Crippen molar-refractivity contribution in [2.45, 2.75) is 12.5 Å². The van der Waals surface area contributed by atoms with Crippen LogP contribution < -0.4 is 20.9 Å². The lowest BCUT2D eigenvalue weighted by Crippen LogP contribution is -2.34. The third kappa shape index (κ3) is 6.35. The number of hydrogen-bond acceptors (Lipinski definition) is 7. The zero-order valence-electron chi connectivity index (χ0n) is 23.1. The predicted octanol–water partition coefficient (Wildman–Crippen LogP) is 4.82. The number of aromatic nitrogens is 5. The van der Waals surface area contributed by atoms with Crippen LogP contribution in [0.3, 0.4) is 0 Å². The molecule has 0 aliphatic rings. The Hall–Kier alpha value is -4.53. The van der Waals surface area contributed by atoms with Crippen LogP contribution in [0.1, 0.15) is 11.6 Å². The molecule has 214 valence electrons. The van der Waals surface area contributed by atoms with Crippen molar-refractivity contribution in [1.82, 2.24) is 24.8 Å². The number of tetrazole rings is 1. The van der Waals surface area contributed by atoms with Gasteiger partial charge in [0.05, 0.1) is 19.0 Å². The monoisotopic (exact) mass is 602 g/mol. The summed E-state index contributed by atoms with van der Waals surface area (Å²) in [6.45, 7) is 3.38. The van der Waals surface area contributed by atoms with Crippen LogP contribution in [0.2, 0.25) is 5.02 Å². The molecule has 5 aromatic rings. The maximum atomic E-state index is 13.8. The Balaban J connectivity index is 1.57. The molecule has 2 heterocycles. The highest BCUT2D eigenvalue weighted by Gasteiger charge is 2.25. The standard InChI is InChI=1S/C30H28ClN6O4P/c1-41-28-18-36(29(38)17-25(28)24-16-21(31)9-14-26(24)37-19-32-34-35-37)27(15-20-7-5-4-6-8-20)30(39)33-22-10-12-23(13-11-22)42(2,3)40/h4-14,16-19,27H,15H2,1-3H3,(H,33,39)/t27-/m1/s1. The molecule has 3 aromatic carbocycles. The zero-order chi connectivity index (χ0) is 29.9. The molecule has 12 heteroatoms. The van der Waals surface area contributed by atoms with Crippen molar-refractivity contribution < 1.29 is 14.1 Å². The number of hydrogen-bond donors (Lipinski definition) is 1. The number of pyridine rings is 1. The van der Waals surface area contributed by atoms with Crippen molar-refractivity contribution in [1.29, 1.82) is 0 Å². The van der Waals surface area contributed by atoms with Crippen LogP contribution in [0.25, 0.3) is 16.8 Å². The van der Waals surface area contributed by atoms with E-state index in [2.05, 4.69) is 20.8 Å². The average Bonchev–Trinajstić information content (AvgIpc) is 3.51. The van der Waals surface area contributed by atoms with E-state index in [9.17, 15) is 14.2 Å². The first-order valence-corrected chi connectivity index (χ1v) is 16.0. The molecule has 5 rings (SSSR count). The molecule has 42 heavy (non-hydrogen) atoms. The number of nitrogens with zero attached hydrogens (tertiary/aromatic N) is 5. The smallest absolute Gasteiger partial charge is 0.252 e. The molecule has 1 atom stereocenters. The minimum Gasteiger partial charge on any atom is -0.495 e. The van der Waals surface area contributed by atoms with Crippen molar-refractivity contribution >= 4 is 35.6 Å². The van der Waals surface area contributed by atoms with Gasteiger partial charge in [-0.05, 0) is 71.8 Å². The van der Waals surface area contributed by atoms with E-state index >= 15 is 0 Å². The van der Waals surface area contributed by atoms with Crippen molar-refractivity contribution in [3.8, 4) is 22.6 Å². The fourth-order valence-electron chi connectivity index (χ4n) is 4.62. The first-order valence-electron chi connectivity index (χ1n) is 13.0. The Morgan fingerprint density at radius 2 is 1.76 bits per heavy atom. The van der Waals surface area contributed by atoms with E-state index in [-0.39, 0.29) is 6.42 Å². The van der Waals surface area contributed by atoms with Gasteiger partial charge in [-0.25, -0.2) is 0 Å². The van der Waals surface area contributed by atoms with E-state index in [1.54, 1.807) is 55.8 Å². The van der Waals surface area contributed by atoms with Crippen molar-refractivity contribution in [2.24, 2.45) is 0 Å². The highest BCUT2D eigenvalue weighted by atomic mass is 35.5.